The molecule has 15 rings (SSSR count). The number of hydrogen-bond donors (Lipinski definition) is 0. The molecular weight excluding hydrogens is 903 g/mol. The molecule has 9 aliphatic heterocycles. The number of piperidine rings is 2. The SMILES string of the molecule is Fc1c(F)c(F)c(C[N+]23CC[C@@]45c6ccccc6N6[C@@H]7OCC=C8C[N+]9(Cc%10c(F)c(F)c(F)c(F)c%10F)CC[C@]%10%11c%12ccccc%12N([C@@H]%12OCC=C(C2)[C@H](C[C@@H]43)[C@@H]%12[C@H]65)[C@H]%10[C@H]7[C@H]8C[C@@H]%119)c(F)c1F. The highest BCUT2D eigenvalue weighted by Gasteiger charge is 2.81. The van der Waals surface area contributed by atoms with Crippen LogP contribution in [0, 0.1) is 81.8 Å². The zero-order chi connectivity index (χ0) is 46.3. The van der Waals surface area contributed by atoms with Crippen LogP contribution in [0.3, 0.4) is 0 Å². The van der Waals surface area contributed by atoms with Crippen LogP contribution < -0.4 is 9.80 Å². The average Bonchev–Trinajstić information content (AvgIpc) is 3.97. The van der Waals surface area contributed by atoms with Gasteiger partial charge in [-0.2, -0.15) is 0 Å². The van der Waals surface area contributed by atoms with E-state index in [2.05, 4.69) is 46.2 Å². The monoisotopic (exact) mass is 946 g/mol. The molecule has 0 N–H and O–H groups in total. The van der Waals surface area contributed by atoms with Gasteiger partial charge in [-0.3, -0.25) is 0 Å². The van der Waals surface area contributed by atoms with Crippen molar-refractivity contribution in [1.29, 1.82) is 0 Å². The summed E-state index contributed by atoms with van der Waals surface area (Å²) in [6, 6.07) is 15.5. The number of ether oxygens (including phenoxy) is 2. The Labute approximate surface area is 384 Å². The largest absolute Gasteiger partial charge is 0.354 e. The van der Waals surface area contributed by atoms with Crippen LogP contribution >= 0.6 is 0 Å². The molecule has 352 valence electrons. The van der Waals surface area contributed by atoms with Gasteiger partial charge in [0.05, 0.1) is 60.3 Å². The summed E-state index contributed by atoms with van der Waals surface area (Å²) in [4.78, 5) is 5.02. The van der Waals surface area contributed by atoms with E-state index in [4.69, 9.17) is 9.47 Å². The van der Waals surface area contributed by atoms with E-state index >= 15 is 35.1 Å². The van der Waals surface area contributed by atoms with Crippen molar-refractivity contribution in [3.05, 3.63) is 152 Å². The number of para-hydroxylation sites is 2. The molecule has 16 heteroatoms. The van der Waals surface area contributed by atoms with Gasteiger partial charge in [0.15, 0.2) is 46.5 Å². The first-order valence-electron chi connectivity index (χ1n) is 23.9. The summed E-state index contributed by atoms with van der Waals surface area (Å²) in [5.74, 6) is -19.9. The first kappa shape index (κ1) is 40.9. The van der Waals surface area contributed by atoms with E-state index in [1.165, 1.54) is 0 Å². The van der Waals surface area contributed by atoms with Crippen molar-refractivity contribution < 1.29 is 62.3 Å². The van der Waals surface area contributed by atoms with Crippen molar-refractivity contribution in [2.75, 3.05) is 49.2 Å². The Balaban J connectivity index is 0.944. The van der Waals surface area contributed by atoms with Gasteiger partial charge in [-0.25, -0.2) is 43.9 Å². The van der Waals surface area contributed by atoms with E-state index in [9.17, 15) is 8.78 Å². The second kappa shape index (κ2) is 13.1. The van der Waals surface area contributed by atoms with E-state index in [-0.39, 0.29) is 83.1 Å². The Kier molecular flexibility index (Phi) is 7.88. The van der Waals surface area contributed by atoms with Crippen LogP contribution in [0.1, 0.15) is 47.9 Å². The molecule has 14 atom stereocenters. The molecule has 4 bridgehead atoms. The molecule has 2 aliphatic carbocycles. The summed E-state index contributed by atoms with van der Waals surface area (Å²) in [5.41, 5.74) is 3.32. The highest BCUT2D eigenvalue weighted by molar-refractivity contribution is 5.72. The third-order valence-corrected chi connectivity index (χ3v) is 20.0. The molecule has 0 aromatic heterocycles. The number of nitrogens with zero attached hydrogens (tertiary/aromatic N) is 4. The smallest absolute Gasteiger partial charge is 0.200 e. The molecule has 7 fully saturated rings. The molecule has 4 aromatic carbocycles. The van der Waals surface area contributed by atoms with E-state index in [0.29, 0.717) is 51.9 Å². The van der Waals surface area contributed by atoms with Crippen LogP contribution in [0.5, 0.6) is 0 Å². The number of quaternary nitrogens is 2. The Morgan fingerprint density at radius 2 is 0.868 bits per heavy atom. The van der Waals surface area contributed by atoms with Crippen molar-refractivity contribution in [3.8, 4) is 0 Å². The standard InChI is InChI=1S/C52H44F10N4O2/c53-37-27(38(54)42(58)45(61)41(37)57)21-65-13-11-51-29-5-1-3-7-31(29)63-47(51)35-25(17-33(51)65)23(19-65)10-16-68-50(35)64-32-8-4-2-6-30(32)52-12-14-66(22-28-39(55)43(59)46(62)44(60)40(28)56)20-24-9-15-67-49(63)36(48(52)64)26(24)18-34(52)66/h1-10,25-26,33-36,47-50H,11-22H2/q+2/t25-,26-,33-,34-,35+,36+,47-,48-,49+,50+,51+,52+,65?,66?/m0/s1. The molecule has 2 spiro atoms. The molecule has 0 amide bonds. The average molecular weight is 947 g/mol. The summed E-state index contributed by atoms with van der Waals surface area (Å²) in [6.45, 7) is 1.23. The third kappa shape index (κ3) is 4.43. The van der Waals surface area contributed by atoms with E-state index in [0.717, 1.165) is 33.6 Å². The van der Waals surface area contributed by atoms with Crippen LogP contribution in [0.2, 0.25) is 0 Å². The number of anilines is 2. The van der Waals surface area contributed by atoms with Gasteiger partial charge in [0.25, 0.3) is 0 Å². The fraction of sp³-hybridized carbons (Fsp3) is 0.462. The summed E-state index contributed by atoms with van der Waals surface area (Å²) >= 11 is 0. The zero-order valence-electron chi connectivity index (χ0n) is 36.4. The van der Waals surface area contributed by atoms with Crippen LogP contribution in [-0.4, -0.2) is 85.0 Å². The topological polar surface area (TPSA) is 24.9 Å². The highest BCUT2D eigenvalue weighted by Crippen LogP contribution is 2.73. The first-order chi connectivity index (χ1) is 32.8. The highest BCUT2D eigenvalue weighted by atomic mass is 19.2. The summed E-state index contributed by atoms with van der Waals surface area (Å²) in [6.07, 6.45) is 5.45. The lowest BCUT2D eigenvalue weighted by Gasteiger charge is -2.65. The number of hydrogen-bond acceptors (Lipinski definition) is 4. The molecule has 2 saturated carbocycles. The van der Waals surface area contributed by atoms with Crippen LogP contribution in [0.4, 0.5) is 55.3 Å². The third-order valence-electron chi connectivity index (χ3n) is 20.0. The lowest BCUT2D eigenvalue weighted by molar-refractivity contribution is -0.956. The molecule has 4 aromatic rings. The number of halogens is 10. The Morgan fingerprint density at radius 1 is 0.500 bits per heavy atom. The molecular formula is C52H44F10N4O2+2. The lowest BCUT2D eigenvalue weighted by Crippen LogP contribution is -2.78. The number of fused-ring (bicyclic) bond motifs is 6. The van der Waals surface area contributed by atoms with Crippen molar-refractivity contribution in [2.45, 2.75) is 86.2 Å². The van der Waals surface area contributed by atoms with Gasteiger partial charge in [-0.05, 0) is 34.4 Å². The van der Waals surface area contributed by atoms with Crippen LogP contribution in [-0.2, 0) is 33.4 Å². The summed E-state index contributed by atoms with van der Waals surface area (Å²) in [5, 5.41) is 0. The maximum atomic E-state index is 15.8. The van der Waals surface area contributed by atoms with Crippen LogP contribution in [0.25, 0.3) is 0 Å². The molecule has 0 radical (unpaired) electrons. The molecule has 2 unspecified atom stereocenters. The first-order valence-corrected chi connectivity index (χ1v) is 23.9. The van der Waals surface area contributed by atoms with E-state index in [1.807, 2.05) is 24.3 Å². The van der Waals surface area contributed by atoms with Gasteiger partial charge in [-0.1, -0.05) is 48.6 Å². The Hall–Kier alpha value is -4.90. The second-order valence-electron chi connectivity index (χ2n) is 21.8. The van der Waals surface area contributed by atoms with Gasteiger partial charge < -0.3 is 28.2 Å². The minimum absolute atomic E-state index is 0.0985. The fourth-order valence-corrected chi connectivity index (χ4v) is 18.0. The predicted molar refractivity (Wildman–Crippen MR) is 224 cm³/mol. The minimum Gasteiger partial charge on any atom is -0.354 e. The Morgan fingerprint density at radius 3 is 1.26 bits per heavy atom. The number of rotatable bonds is 4. The molecule has 68 heavy (non-hydrogen) atoms. The summed E-state index contributed by atoms with van der Waals surface area (Å²) in [7, 11) is 0. The summed E-state index contributed by atoms with van der Waals surface area (Å²) < 4.78 is 167. The second-order valence-corrected chi connectivity index (χ2v) is 21.8. The zero-order valence-corrected chi connectivity index (χ0v) is 36.4. The van der Waals surface area contributed by atoms with Crippen molar-refractivity contribution in [3.63, 3.8) is 0 Å². The van der Waals surface area contributed by atoms with E-state index < -0.39 is 92.6 Å². The van der Waals surface area contributed by atoms with Crippen molar-refractivity contribution in [2.24, 2.45) is 23.7 Å². The van der Waals surface area contributed by atoms with Gasteiger partial charge in [0.1, 0.15) is 50.7 Å². The normalized spacial score (nSPS) is 40.0. The van der Waals surface area contributed by atoms with Crippen molar-refractivity contribution >= 4 is 11.4 Å². The number of benzene rings is 4. The molecule has 5 saturated heterocycles. The van der Waals surface area contributed by atoms with Gasteiger partial charge >= 0.3 is 0 Å². The Bertz CT molecular complexity index is 2800. The maximum absolute atomic E-state index is 15.8. The van der Waals surface area contributed by atoms with Gasteiger partial charge in [0.2, 0.25) is 11.6 Å². The van der Waals surface area contributed by atoms with Crippen molar-refractivity contribution in [1.82, 2.24) is 0 Å². The van der Waals surface area contributed by atoms with E-state index in [1.54, 1.807) is 0 Å². The van der Waals surface area contributed by atoms with Crippen LogP contribution in [0.15, 0.2) is 71.8 Å². The molecule has 6 nitrogen and oxygen atoms in total. The fourth-order valence-electron chi connectivity index (χ4n) is 18.0. The van der Waals surface area contributed by atoms with Gasteiger partial charge in [-0.15, -0.1) is 0 Å². The molecule has 9 heterocycles. The quantitative estimate of drug-likeness (QED) is 0.0671. The predicted octanol–water partition coefficient (Wildman–Crippen LogP) is 9.09. The minimum atomic E-state index is -2.18. The maximum Gasteiger partial charge on any atom is 0.200 e. The lowest BCUT2D eigenvalue weighted by atomic mass is 9.52. The van der Waals surface area contributed by atoms with Gasteiger partial charge in [0, 0.05) is 60.7 Å². The molecule has 11 aliphatic rings.